The third-order valence-electron chi connectivity index (χ3n) is 2.55. The molecule has 0 aliphatic rings. The third-order valence-corrected chi connectivity index (χ3v) is 3.91. The molecule has 0 aromatic heterocycles. The Morgan fingerprint density at radius 3 is 2.65 bits per heavy atom. The molecule has 2 unspecified atom stereocenters. The first-order chi connectivity index (χ1) is 7.95. The summed E-state index contributed by atoms with van der Waals surface area (Å²) in [6.07, 6.45) is 0. The van der Waals surface area contributed by atoms with E-state index in [4.69, 9.17) is 5.73 Å². The van der Waals surface area contributed by atoms with Gasteiger partial charge < -0.3 is 10.5 Å². The van der Waals surface area contributed by atoms with Gasteiger partial charge in [0.2, 0.25) is 0 Å². The predicted octanol–water partition coefficient (Wildman–Crippen LogP) is 2.70. The zero-order valence-electron chi connectivity index (χ0n) is 10.1. The molecule has 17 heavy (non-hydrogen) atoms. The highest BCUT2D eigenvalue weighted by atomic mass is 32.2. The summed E-state index contributed by atoms with van der Waals surface area (Å²) >= 11 is 1.30. The van der Waals surface area contributed by atoms with Crippen molar-refractivity contribution in [3.8, 4) is 0 Å². The van der Waals surface area contributed by atoms with Crippen LogP contribution in [-0.4, -0.2) is 18.3 Å². The van der Waals surface area contributed by atoms with Crippen LogP contribution in [0.3, 0.4) is 0 Å². The molecule has 0 aliphatic heterocycles. The van der Waals surface area contributed by atoms with Gasteiger partial charge in [-0.05, 0) is 18.2 Å². The quantitative estimate of drug-likeness (QED) is 0.512. The third kappa shape index (κ3) is 3.63. The van der Waals surface area contributed by atoms with Crippen molar-refractivity contribution >= 4 is 23.4 Å². The lowest BCUT2D eigenvalue weighted by atomic mass is 10.1. The van der Waals surface area contributed by atoms with Crippen LogP contribution in [0.2, 0.25) is 0 Å². The van der Waals surface area contributed by atoms with Crippen LogP contribution in [0.15, 0.2) is 23.1 Å². The Hall–Kier alpha value is -1.23. The second-order valence-electron chi connectivity index (χ2n) is 3.82. The van der Waals surface area contributed by atoms with Gasteiger partial charge in [-0.3, -0.25) is 4.79 Å². The van der Waals surface area contributed by atoms with Gasteiger partial charge in [-0.15, -0.1) is 11.8 Å². The summed E-state index contributed by atoms with van der Waals surface area (Å²) in [5.41, 5.74) is 5.85. The zero-order valence-corrected chi connectivity index (χ0v) is 10.9. The molecule has 1 rings (SSSR count). The van der Waals surface area contributed by atoms with Gasteiger partial charge in [0.1, 0.15) is 5.82 Å². The molecule has 0 fully saturated rings. The van der Waals surface area contributed by atoms with E-state index in [1.54, 1.807) is 19.1 Å². The molecule has 1 aromatic rings. The van der Waals surface area contributed by atoms with Crippen molar-refractivity contribution in [3.63, 3.8) is 0 Å². The van der Waals surface area contributed by atoms with Crippen LogP contribution >= 0.6 is 11.8 Å². The first-order valence-electron chi connectivity index (χ1n) is 5.25. The first-order valence-corrected chi connectivity index (χ1v) is 6.13. The second-order valence-corrected chi connectivity index (χ2v) is 5.24. The molecule has 0 heterocycles. The van der Waals surface area contributed by atoms with Crippen LogP contribution in [0.25, 0.3) is 0 Å². The molecule has 94 valence electrons. The van der Waals surface area contributed by atoms with E-state index >= 15 is 0 Å². The molecule has 1 aromatic carbocycles. The number of ether oxygens (including phenoxy) is 1. The molecular formula is C12H16FNO2S. The number of hydrogen-bond acceptors (Lipinski definition) is 4. The van der Waals surface area contributed by atoms with Gasteiger partial charge >= 0.3 is 5.97 Å². The van der Waals surface area contributed by atoms with Crippen molar-refractivity contribution < 1.29 is 13.9 Å². The predicted molar refractivity (Wildman–Crippen MR) is 67.3 cm³/mol. The molecule has 0 saturated carbocycles. The summed E-state index contributed by atoms with van der Waals surface area (Å²) in [6.45, 7) is 3.63. The van der Waals surface area contributed by atoms with Gasteiger partial charge in [0.05, 0.1) is 13.0 Å². The number of carbonyl (C=O) groups is 1. The highest BCUT2D eigenvalue weighted by Crippen LogP contribution is 2.31. The molecule has 0 bridgehead atoms. The summed E-state index contributed by atoms with van der Waals surface area (Å²) in [4.78, 5) is 11.8. The van der Waals surface area contributed by atoms with E-state index in [0.29, 0.717) is 10.6 Å². The summed E-state index contributed by atoms with van der Waals surface area (Å²) in [7, 11) is 1.35. The van der Waals surface area contributed by atoms with Crippen LogP contribution in [0.5, 0.6) is 0 Å². The zero-order chi connectivity index (χ0) is 13.0. The van der Waals surface area contributed by atoms with E-state index < -0.39 is 0 Å². The number of nitrogen functional groups attached to an aromatic ring is 1. The Morgan fingerprint density at radius 1 is 1.47 bits per heavy atom. The minimum atomic E-state index is -0.362. The molecule has 0 radical (unpaired) electrons. The van der Waals surface area contributed by atoms with Crippen molar-refractivity contribution in [2.75, 3.05) is 12.8 Å². The Kier molecular flexibility index (Phi) is 4.81. The molecule has 0 spiro atoms. The Labute approximate surface area is 105 Å². The Morgan fingerprint density at radius 2 is 2.12 bits per heavy atom. The van der Waals surface area contributed by atoms with Crippen LogP contribution in [0.4, 0.5) is 10.1 Å². The van der Waals surface area contributed by atoms with E-state index in [1.165, 1.54) is 24.9 Å². The summed E-state index contributed by atoms with van der Waals surface area (Å²) < 4.78 is 18.2. The van der Waals surface area contributed by atoms with Gasteiger partial charge in [-0.1, -0.05) is 13.8 Å². The molecule has 0 amide bonds. The van der Waals surface area contributed by atoms with Gasteiger partial charge in [-0.25, -0.2) is 4.39 Å². The summed E-state index contributed by atoms with van der Waals surface area (Å²) in [5, 5.41) is -0.0689. The molecule has 2 atom stereocenters. The number of hydrogen-bond donors (Lipinski definition) is 1. The second kappa shape index (κ2) is 5.91. The maximum Gasteiger partial charge on any atom is 0.309 e. The smallest absolute Gasteiger partial charge is 0.309 e. The Bertz CT molecular complexity index is 411. The minimum absolute atomic E-state index is 0.0689. The normalized spacial score (nSPS) is 14.1. The maximum atomic E-state index is 13.5. The number of esters is 1. The van der Waals surface area contributed by atoms with Crippen molar-refractivity contribution in [1.29, 1.82) is 0 Å². The fraction of sp³-hybridized carbons (Fsp3) is 0.417. The van der Waals surface area contributed by atoms with Crippen molar-refractivity contribution in [1.82, 2.24) is 0 Å². The van der Waals surface area contributed by atoms with E-state index in [2.05, 4.69) is 4.74 Å². The summed E-state index contributed by atoms with van der Waals surface area (Å²) in [6, 6.07) is 4.54. The largest absolute Gasteiger partial charge is 0.469 e. The average molecular weight is 257 g/mol. The monoisotopic (exact) mass is 257 g/mol. The fourth-order valence-corrected chi connectivity index (χ4v) is 2.33. The van der Waals surface area contributed by atoms with E-state index in [9.17, 15) is 9.18 Å². The molecule has 3 nitrogen and oxygen atoms in total. The van der Waals surface area contributed by atoms with E-state index in [1.807, 2.05) is 6.92 Å². The SMILES string of the molecule is COC(=O)C(C)C(C)Sc1ccc(N)cc1F. The maximum absolute atomic E-state index is 13.5. The Balaban J connectivity index is 2.74. The van der Waals surface area contributed by atoms with Gasteiger partial charge in [-0.2, -0.15) is 0 Å². The molecular weight excluding hydrogens is 241 g/mol. The lowest BCUT2D eigenvalue weighted by Gasteiger charge is -2.17. The van der Waals surface area contributed by atoms with Crippen LogP contribution in [-0.2, 0) is 9.53 Å². The van der Waals surface area contributed by atoms with Crippen LogP contribution in [0, 0.1) is 11.7 Å². The van der Waals surface area contributed by atoms with E-state index in [0.717, 1.165) is 0 Å². The highest BCUT2D eigenvalue weighted by Gasteiger charge is 2.22. The number of carbonyl (C=O) groups excluding carboxylic acids is 1. The van der Waals surface area contributed by atoms with Gasteiger partial charge in [0, 0.05) is 15.8 Å². The van der Waals surface area contributed by atoms with Gasteiger partial charge in [0.15, 0.2) is 0 Å². The number of thioether (sulfide) groups is 1. The van der Waals surface area contributed by atoms with Crippen molar-refractivity contribution in [2.24, 2.45) is 5.92 Å². The average Bonchev–Trinajstić information content (AvgIpc) is 2.30. The van der Waals surface area contributed by atoms with Crippen molar-refractivity contribution in [3.05, 3.63) is 24.0 Å². The van der Waals surface area contributed by atoms with Crippen LogP contribution < -0.4 is 5.73 Å². The lowest BCUT2D eigenvalue weighted by Crippen LogP contribution is -2.22. The van der Waals surface area contributed by atoms with Gasteiger partial charge in [0.25, 0.3) is 0 Å². The number of benzene rings is 1. The topological polar surface area (TPSA) is 52.3 Å². The standard InChI is InChI=1S/C12H16FNO2S/c1-7(12(15)16-3)8(2)17-11-5-4-9(14)6-10(11)13/h4-8H,14H2,1-3H3. The van der Waals surface area contributed by atoms with Crippen LogP contribution in [0.1, 0.15) is 13.8 Å². The number of nitrogens with two attached hydrogens (primary N) is 1. The molecule has 0 saturated heterocycles. The molecule has 2 N–H and O–H groups in total. The van der Waals surface area contributed by atoms with E-state index in [-0.39, 0.29) is 23.0 Å². The number of methoxy groups -OCH3 is 1. The highest BCUT2D eigenvalue weighted by molar-refractivity contribution is 8.00. The molecule has 0 aliphatic carbocycles. The fourth-order valence-electron chi connectivity index (χ4n) is 1.29. The lowest BCUT2D eigenvalue weighted by molar-refractivity contribution is -0.144. The number of halogens is 1. The number of anilines is 1. The summed E-state index contributed by atoms with van der Waals surface area (Å²) in [5.74, 6) is -0.943. The first kappa shape index (κ1) is 13.8. The minimum Gasteiger partial charge on any atom is -0.469 e. The molecule has 5 heteroatoms. The number of rotatable bonds is 4. The van der Waals surface area contributed by atoms with Crippen molar-refractivity contribution in [2.45, 2.75) is 24.0 Å².